The second kappa shape index (κ2) is 22.7. The fourth-order valence-electron chi connectivity index (χ4n) is 3.63. The Hall–Kier alpha value is 0.0569. The normalized spacial score (nSPS) is 12.0. The Balaban J connectivity index is 3.43. The van der Waals surface area contributed by atoms with Crippen LogP contribution in [0.3, 0.4) is 0 Å². The van der Waals surface area contributed by atoms with Crippen molar-refractivity contribution in [3.63, 3.8) is 0 Å². The topological polar surface area (TPSA) is 36.9 Å². The Morgan fingerprint density at radius 1 is 0.379 bits per heavy atom. The zero-order valence-corrected chi connectivity index (χ0v) is 21.3. The van der Waals surface area contributed by atoms with Gasteiger partial charge in [0.2, 0.25) is 0 Å². The van der Waals surface area contributed by atoms with Crippen LogP contribution in [0.4, 0.5) is 0 Å². The van der Waals surface area contributed by atoms with Crippen LogP contribution in [0.1, 0.15) is 130 Å². The van der Waals surface area contributed by atoms with E-state index in [2.05, 4.69) is 6.92 Å². The summed E-state index contributed by atoms with van der Waals surface area (Å²) in [7, 11) is -2.90. The van der Waals surface area contributed by atoms with Crippen LogP contribution in [-0.4, -0.2) is 35.5 Å². The van der Waals surface area contributed by atoms with Gasteiger partial charge in [-0.15, -0.1) is 0 Å². The summed E-state index contributed by atoms with van der Waals surface area (Å²) in [5.41, 5.74) is 0. The van der Waals surface area contributed by atoms with Crippen LogP contribution in [0, 0.1) is 0 Å². The molecule has 4 nitrogen and oxygen atoms in total. The van der Waals surface area contributed by atoms with Crippen LogP contribution >= 0.6 is 0 Å². The number of rotatable bonds is 24. The third-order valence-corrected chi connectivity index (χ3v) is 7.72. The predicted octanol–water partition coefficient (Wildman–Crippen LogP) is 7.81. The molecule has 0 aliphatic carbocycles. The maximum absolute atomic E-state index is 5.94. The van der Waals surface area contributed by atoms with Crippen molar-refractivity contribution in [3.05, 3.63) is 0 Å². The summed E-state index contributed by atoms with van der Waals surface area (Å²) in [4.78, 5) is 0. The van der Waals surface area contributed by atoms with Crippen molar-refractivity contribution in [2.24, 2.45) is 0 Å². The van der Waals surface area contributed by atoms with Crippen LogP contribution in [0.5, 0.6) is 0 Å². The lowest BCUT2D eigenvalue weighted by Gasteiger charge is -2.26. The van der Waals surface area contributed by atoms with Gasteiger partial charge in [-0.05, 0) is 27.2 Å². The molecule has 5 heteroatoms. The first-order valence-corrected chi connectivity index (χ1v) is 14.4. The summed E-state index contributed by atoms with van der Waals surface area (Å²) >= 11 is 0. The van der Waals surface area contributed by atoms with E-state index in [-0.39, 0.29) is 0 Å². The molecular formula is C24H52O4Si. The summed E-state index contributed by atoms with van der Waals surface area (Å²) in [6.45, 7) is 10.5. The molecule has 0 rings (SSSR count). The Morgan fingerprint density at radius 2 is 0.690 bits per heavy atom. The molecule has 0 fully saturated rings. The molecule has 29 heavy (non-hydrogen) atoms. The molecule has 0 saturated carbocycles. The Kier molecular flexibility index (Phi) is 22.8. The van der Waals surface area contributed by atoms with Gasteiger partial charge >= 0.3 is 9.05 Å². The lowest BCUT2D eigenvalue weighted by atomic mass is 10.0. The minimum absolute atomic E-state index is 0.561. The highest BCUT2D eigenvalue weighted by atomic mass is 28.4. The first-order valence-electron chi connectivity index (χ1n) is 12.8. The molecule has 0 amide bonds. The maximum atomic E-state index is 5.94. The van der Waals surface area contributed by atoms with Crippen molar-refractivity contribution in [1.29, 1.82) is 0 Å². The van der Waals surface area contributed by atoms with Crippen LogP contribution in [0.15, 0.2) is 0 Å². The maximum Gasteiger partial charge on any atom is 0.679 e. The average Bonchev–Trinajstić information content (AvgIpc) is 2.71. The quantitative estimate of drug-likeness (QED) is 0.115. The van der Waals surface area contributed by atoms with Crippen LogP contribution < -0.4 is 0 Å². The Labute approximate surface area is 183 Å². The highest BCUT2D eigenvalue weighted by molar-refractivity contribution is 6.53. The second-order valence-electron chi connectivity index (χ2n) is 7.95. The van der Waals surface area contributed by atoms with Crippen molar-refractivity contribution in [2.75, 3.05) is 26.4 Å². The van der Waals surface area contributed by atoms with Crippen LogP contribution in [0.2, 0.25) is 0 Å². The average molecular weight is 433 g/mol. The largest absolute Gasteiger partial charge is 0.679 e. The first kappa shape index (κ1) is 29.1. The number of unbranched alkanes of at least 4 members (excludes halogenated alkanes) is 15. The van der Waals surface area contributed by atoms with E-state index in [0.717, 1.165) is 6.42 Å². The lowest BCUT2D eigenvalue weighted by molar-refractivity contribution is -0.0280. The summed E-state index contributed by atoms with van der Waals surface area (Å²) in [6, 6.07) is 0. The van der Waals surface area contributed by atoms with E-state index in [1.54, 1.807) is 0 Å². The zero-order chi connectivity index (χ0) is 21.5. The second-order valence-corrected chi connectivity index (χ2v) is 10.1. The number of hydrogen-bond acceptors (Lipinski definition) is 4. The van der Waals surface area contributed by atoms with Crippen molar-refractivity contribution >= 4 is 9.05 Å². The summed E-state index contributed by atoms with van der Waals surface area (Å²) in [5, 5.41) is 0. The highest BCUT2D eigenvalue weighted by Crippen LogP contribution is 2.15. The molecule has 0 spiro atoms. The van der Waals surface area contributed by atoms with Crippen molar-refractivity contribution < 1.29 is 17.7 Å². The van der Waals surface area contributed by atoms with E-state index in [1.807, 2.05) is 20.8 Å². The fraction of sp³-hybridized carbons (Fsp3) is 1.00. The van der Waals surface area contributed by atoms with Gasteiger partial charge < -0.3 is 17.7 Å². The molecule has 0 unspecified atom stereocenters. The SMILES string of the molecule is CCCCCCCCCCCCCCCCCCO[Si](OCC)(OCC)OCC. The monoisotopic (exact) mass is 432 g/mol. The van der Waals surface area contributed by atoms with Gasteiger partial charge in [-0.1, -0.05) is 103 Å². The molecule has 0 aromatic heterocycles. The molecular weight excluding hydrogens is 380 g/mol. The van der Waals surface area contributed by atoms with Gasteiger partial charge in [0.25, 0.3) is 0 Å². The number of hydrogen-bond donors (Lipinski definition) is 0. The third kappa shape index (κ3) is 18.5. The van der Waals surface area contributed by atoms with E-state index in [4.69, 9.17) is 17.7 Å². The standard InChI is InChI=1S/C24H52O4Si/c1-5-9-10-11-12-13-14-15-16-17-18-19-20-21-22-23-24-28-29(25-6-2,26-7-3)27-8-4/h5-24H2,1-4H3. The van der Waals surface area contributed by atoms with Crippen molar-refractivity contribution in [2.45, 2.75) is 130 Å². The molecule has 0 aliphatic rings. The molecule has 0 aliphatic heterocycles. The molecule has 0 bridgehead atoms. The molecule has 0 radical (unpaired) electrons. The summed E-state index contributed by atoms with van der Waals surface area (Å²) in [5.74, 6) is 0. The van der Waals surface area contributed by atoms with E-state index in [1.165, 1.54) is 96.3 Å². The van der Waals surface area contributed by atoms with Gasteiger partial charge in [0.1, 0.15) is 0 Å². The minimum Gasteiger partial charge on any atom is -0.351 e. The van der Waals surface area contributed by atoms with Gasteiger partial charge in [0, 0.05) is 26.4 Å². The molecule has 0 aromatic carbocycles. The Morgan fingerprint density at radius 3 is 1.00 bits per heavy atom. The van der Waals surface area contributed by atoms with E-state index in [9.17, 15) is 0 Å². The van der Waals surface area contributed by atoms with Gasteiger partial charge in [-0.2, -0.15) is 0 Å². The third-order valence-electron chi connectivity index (χ3n) is 5.24. The lowest BCUT2D eigenvalue weighted by Crippen LogP contribution is -2.49. The molecule has 0 heterocycles. The van der Waals surface area contributed by atoms with E-state index < -0.39 is 9.05 Å². The smallest absolute Gasteiger partial charge is 0.351 e. The molecule has 176 valence electrons. The summed E-state index contributed by atoms with van der Waals surface area (Å²) in [6.07, 6.45) is 22.0. The van der Waals surface area contributed by atoms with Crippen LogP contribution in [0.25, 0.3) is 0 Å². The van der Waals surface area contributed by atoms with Crippen molar-refractivity contribution in [1.82, 2.24) is 0 Å². The molecule has 0 atom stereocenters. The van der Waals surface area contributed by atoms with E-state index >= 15 is 0 Å². The van der Waals surface area contributed by atoms with Gasteiger partial charge in [-0.3, -0.25) is 0 Å². The predicted molar refractivity (Wildman–Crippen MR) is 126 cm³/mol. The zero-order valence-electron chi connectivity index (χ0n) is 20.3. The van der Waals surface area contributed by atoms with E-state index in [0.29, 0.717) is 26.4 Å². The first-order chi connectivity index (χ1) is 14.2. The molecule has 0 saturated heterocycles. The molecule has 0 N–H and O–H groups in total. The molecule has 0 aromatic rings. The van der Waals surface area contributed by atoms with Gasteiger partial charge in [0.15, 0.2) is 0 Å². The van der Waals surface area contributed by atoms with Crippen molar-refractivity contribution in [3.8, 4) is 0 Å². The highest BCUT2D eigenvalue weighted by Gasteiger charge is 2.44. The van der Waals surface area contributed by atoms with Gasteiger partial charge in [-0.25, -0.2) is 0 Å². The minimum atomic E-state index is -2.90. The summed E-state index contributed by atoms with van der Waals surface area (Å²) < 4.78 is 23.1. The van der Waals surface area contributed by atoms with Gasteiger partial charge in [0.05, 0.1) is 0 Å². The fourth-order valence-corrected chi connectivity index (χ4v) is 5.58. The Bertz CT molecular complexity index is 298. The van der Waals surface area contributed by atoms with Crippen LogP contribution in [-0.2, 0) is 17.7 Å².